The van der Waals surface area contributed by atoms with Gasteiger partial charge in [0.15, 0.2) is 11.5 Å². The van der Waals surface area contributed by atoms with Crippen molar-refractivity contribution >= 4 is 28.2 Å². The van der Waals surface area contributed by atoms with Crippen LogP contribution in [-0.2, 0) is 16.0 Å². The molecule has 1 aliphatic heterocycles. The van der Waals surface area contributed by atoms with E-state index in [1.54, 1.807) is 5.01 Å². The van der Waals surface area contributed by atoms with Gasteiger partial charge in [0.2, 0.25) is 0 Å². The smallest absolute Gasteiger partial charge is 0.357 e. The molecule has 2 aromatic rings. The molecule has 5 nitrogen and oxygen atoms in total. The number of hydrogen-bond acceptors (Lipinski definition) is 4. The Labute approximate surface area is 164 Å². The second kappa shape index (κ2) is 7.97. The molecule has 0 radical (unpaired) electrons. The maximum Gasteiger partial charge on any atom is 0.357 e. The first-order valence-corrected chi connectivity index (χ1v) is 9.92. The summed E-state index contributed by atoms with van der Waals surface area (Å²) in [5.74, 6) is -1.22. The fourth-order valence-electron chi connectivity index (χ4n) is 4.24. The van der Waals surface area contributed by atoms with Crippen LogP contribution in [-0.4, -0.2) is 40.7 Å². The Morgan fingerprint density at radius 3 is 2.57 bits per heavy atom. The monoisotopic (exact) mass is 376 g/mol. The highest BCUT2D eigenvalue weighted by atomic mass is 16.4. The van der Waals surface area contributed by atoms with Gasteiger partial charge in [-0.3, -0.25) is 9.80 Å². The number of benzene rings is 2. The number of aliphatic carboxylic acids is 1. The predicted molar refractivity (Wildman–Crippen MR) is 109 cm³/mol. The number of carbonyl (C=O) groups excluding carboxylic acids is 1. The highest BCUT2D eigenvalue weighted by Gasteiger charge is 2.32. The fourth-order valence-corrected chi connectivity index (χ4v) is 4.24. The lowest BCUT2D eigenvalue weighted by Gasteiger charge is -2.27. The minimum atomic E-state index is -1.11. The van der Waals surface area contributed by atoms with Gasteiger partial charge in [0.05, 0.1) is 12.1 Å². The van der Waals surface area contributed by atoms with E-state index in [0.717, 1.165) is 37.7 Å². The number of Topliss-reactive ketones (excluding diaryl/α,β-unsaturated/α-hetero) is 1. The summed E-state index contributed by atoms with van der Waals surface area (Å²) < 4.78 is 0. The third-order valence-electron chi connectivity index (χ3n) is 5.62. The highest BCUT2D eigenvalue weighted by Crippen LogP contribution is 2.29. The number of hydrogen-bond donors (Lipinski definition) is 1. The van der Waals surface area contributed by atoms with Crippen molar-refractivity contribution in [3.63, 3.8) is 0 Å². The van der Waals surface area contributed by atoms with Crippen molar-refractivity contribution in [2.75, 3.05) is 13.1 Å². The average molecular weight is 376 g/mol. The van der Waals surface area contributed by atoms with Crippen LogP contribution < -0.4 is 0 Å². The second-order valence-electron chi connectivity index (χ2n) is 7.49. The number of nitrogens with zero attached hydrogens (tertiary/aromatic N) is 2. The Balaban J connectivity index is 1.58. The minimum absolute atomic E-state index is 0.0777. The van der Waals surface area contributed by atoms with E-state index in [1.165, 1.54) is 16.3 Å². The van der Waals surface area contributed by atoms with E-state index >= 15 is 0 Å². The summed E-state index contributed by atoms with van der Waals surface area (Å²) in [7, 11) is 0. The Bertz CT molecular complexity index is 977. The summed E-state index contributed by atoms with van der Waals surface area (Å²) in [5.41, 5.74) is 2.44. The average Bonchev–Trinajstić information content (AvgIpc) is 2.72. The van der Waals surface area contributed by atoms with Crippen LogP contribution in [0, 0.1) is 0 Å². The molecule has 1 aliphatic carbocycles. The quantitative estimate of drug-likeness (QED) is 0.820. The third-order valence-corrected chi connectivity index (χ3v) is 5.62. The minimum Gasteiger partial charge on any atom is -0.476 e. The molecule has 0 amide bonds. The van der Waals surface area contributed by atoms with Gasteiger partial charge in [0.25, 0.3) is 0 Å². The highest BCUT2D eigenvalue weighted by molar-refractivity contribution is 6.50. The number of hydrazone groups is 1. The number of carbonyl (C=O) groups is 2. The van der Waals surface area contributed by atoms with Crippen molar-refractivity contribution in [3.05, 3.63) is 59.2 Å². The van der Waals surface area contributed by atoms with E-state index in [-0.39, 0.29) is 18.0 Å². The molecule has 0 bridgehead atoms. The van der Waals surface area contributed by atoms with Crippen LogP contribution in [0.4, 0.5) is 0 Å². The first-order chi connectivity index (χ1) is 13.6. The van der Waals surface area contributed by atoms with Crippen LogP contribution in [0.2, 0.25) is 0 Å². The van der Waals surface area contributed by atoms with E-state index in [4.69, 9.17) is 0 Å². The number of carboxylic acids is 1. The maximum atomic E-state index is 12.8. The van der Waals surface area contributed by atoms with E-state index < -0.39 is 5.97 Å². The van der Waals surface area contributed by atoms with Crippen molar-refractivity contribution < 1.29 is 14.7 Å². The molecule has 2 aromatic carbocycles. The van der Waals surface area contributed by atoms with Crippen molar-refractivity contribution in [2.24, 2.45) is 5.10 Å². The van der Waals surface area contributed by atoms with Gasteiger partial charge in [-0.25, -0.2) is 4.79 Å². The molecular weight excluding hydrogens is 352 g/mol. The standard InChI is InChI=1S/C23H24N2O3/c26-20-15-25(14-13-17-11-6-10-16-7-4-5-12-19(16)17)24-22(23(27)28)21(20)18-8-2-1-3-9-18/h4-7,10-12H,1-3,8-9,13-15H2,(H,27,28). The zero-order chi connectivity index (χ0) is 19.5. The molecule has 28 heavy (non-hydrogen) atoms. The molecule has 0 aromatic heterocycles. The van der Waals surface area contributed by atoms with Gasteiger partial charge in [-0.1, -0.05) is 54.5 Å². The Hall–Kier alpha value is -2.95. The molecule has 0 atom stereocenters. The second-order valence-corrected chi connectivity index (χ2v) is 7.49. The number of ketones is 1. The van der Waals surface area contributed by atoms with Crippen LogP contribution in [0.1, 0.15) is 37.7 Å². The molecule has 5 heteroatoms. The van der Waals surface area contributed by atoms with Crippen LogP contribution in [0.3, 0.4) is 0 Å². The molecule has 144 valence electrons. The lowest BCUT2D eigenvalue weighted by Crippen LogP contribution is -2.39. The zero-order valence-corrected chi connectivity index (χ0v) is 15.9. The normalized spacial score (nSPS) is 17.8. The molecule has 1 N–H and O–H groups in total. The molecule has 0 unspecified atom stereocenters. The molecule has 2 aliphatic rings. The number of carboxylic acid groups (broad SMARTS) is 1. The Kier molecular flexibility index (Phi) is 5.24. The topological polar surface area (TPSA) is 70.0 Å². The van der Waals surface area contributed by atoms with Crippen LogP contribution in [0.5, 0.6) is 0 Å². The van der Waals surface area contributed by atoms with Gasteiger partial charge in [-0.05, 0) is 48.4 Å². The molecule has 1 saturated carbocycles. The SMILES string of the molecule is O=C(O)C1=NN(CCc2cccc3ccccc23)CC(=O)C1=C1CCCCC1. The lowest BCUT2D eigenvalue weighted by molar-refractivity contribution is -0.130. The van der Waals surface area contributed by atoms with Gasteiger partial charge in [0, 0.05) is 6.54 Å². The van der Waals surface area contributed by atoms with Gasteiger partial charge >= 0.3 is 5.97 Å². The van der Waals surface area contributed by atoms with E-state index in [0.29, 0.717) is 18.5 Å². The summed E-state index contributed by atoms with van der Waals surface area (Å²) in [4.78, 5) is 24.6. The van der Waals surface area contributed by atoms with Crippen molar-refractivity contribution in [3.8, 4) is 0 Å². The van der Waals surface area contributed by atoms with E-state index in [1.807, 2.05) is 18.2 Å². The first kappa shape index (κ1) is 18.4. The maximum absolute atomic E-state index is 12.8. The lowest BCUT2D eigenvalue weighted by atomic mass is 9.87. The van der Waals surface area contributed by atoms with E-state index in [2.05, 4.69) is 29.4 Å². The molecule has 4 rings (SSSR count). The number of allylic oxidation sites excluding steroid dienone is 1. The number of fused-ring (bicyclic) bond motifs is 1. The van der Waals surface area contributed by atoms with Gasteiger partial charge in [-0.2, -0.15) is 5.10 Å². The van der Waals surface area contributed by atoms with Crippen molar-refractivity contribution in [1.82, 2.24) is 5.01 Å². The Morgan fingerprint density at radius 1 is 1.04 bits per heavy atom. The van der Waals surface area contributed by atoms with Crippen LogP contribution >= 0.6 is 0 Å². The predicted octanol–water partition coefficient (Wildman–Crippen LogP) is 3.97. The molecule has 0 saturated heterocycles. The summed E-state index contributed by atoms with van der Waals surface area (Å²) in [6.07, 6.45) is 5.50. The van der Waals surface area contributed by atoms with Crippen LogP contribution in [0.25, 0.3) is 10.8 Å². The zero-order valence-electron chi connectivity index (χ0n) is 15.9. The fraction of sp³-hybridized carbons (Fsp3) is 0.348. The summed E-state index contributed by atoms with van der Waals surface area (Å²) in [6, 6.07) is 14.4. The molecule has 1 fully saturated rings. The number of rotatable bonds is 4. The van der Waals surface area contributed by atoms with Gasteiger partial charge in [-0.15, -0.1) is 0 Å². The third kappa shape index (κ3) is 3.70. The van der Waals surface area contributed by atoms with E-state index in [9.17, 15) is 14.7 Å². The van der Waals surface area contributed by atoms with Crippen LogP contribution in [0.15, 0.2) is 58.7 Å². The van der Waals surface area contributed by atoms with Crippen molar-refractivity contribution in [1.29, 1.82) is 0 Å². The molecule has 1 heterocycles. The van der Waals surface area contributed by atoms with Crippen molar-refractivity contribution in [2.45, 2.75) is 38.5 Å². The van der Waals surface area contributed by atoms with Gasteiger partial charge < -0.3 is 5.11 Å². The van der Waals surface area contributed by atoms with Gasteiger partial charge in [0.1, 0.15) is 0 Å². The summed E-state index contributed by atoms with van der Waals surface area (Å²) in [6.45, 7) is 0.666. The summed E-state index contributed by atoms with van der Waals surface area (Å²) in [5, 5.41) is 18.0. The molecule has 0 spiro atoms. The first-order valence-electron chi connectivity index (χ1n) is 9.92. The largest absolute Gasteiger partial charge is 0.476 e. The summed E-state index contributed by atoms with van der Waals surface area (Å²) >= 11 is 0. The molecular formula is C23H24N2O3. The Morgan fingerprint density at radius 2 is 1.79 bits per heavy atom.